The molecular formula is C24H33NaO5S. The molecule has 0 aliphatic carbocycles. The second kappa shape index (κ2) is 14.9. The van der Waals surface area contributed by atoms with Crippen molar-refractivity contribution in [3.8, 4) is 17.2 Å². The zero-order valence-electron chi connectivity index (χ0n) is 18.8. The van der Waals surface area contributed by atoms with Crippen molar-refractivity contribution in [1.82, 2.24) is 0 Å². The molecule has 166 valence electrons. The van der Waals surface area contributed by atoms with E-state index in [0.29, 0.717) is 18.6 Å². The Morgan fingerprint density at radius 3 is 1.94 bits per heavy atom. The van der Waals surface area contributed by atoms with Gasteiger partial charge in [0.1, 0.15) is 16.4 Å². The van der Waals surface area contributed by atoms with Crippen LogP contribution in [-0.2, 0) is 16.5 Å². The van der Waals surface area contributed by atoms with Gasteiger partial charge in [0, 0.05) is 6.07 Å². The Kier molecular flexibility index (Phi) is 13.5. The number of hydrogen-bond acceptors (Lipinski definition) is 4. The predicted molar refractivity (Wildman–Crippen MR) is 118 cm³/mol. The molecule has 0 spiro atoms. The van der Waals surface area contributed by atoms with Gasteiger partial charge in [-0.25, -0.2) is 0 Å². The fourth-order valence-electron chi connectivity index (χ4n) is 3.55. The van der Waals surface area contributed by atoms with E-state index in [1.54, 1.807) is 24.3 Å². The smallest absolute Gasteiger partial charge is 0.872 e. The molecule has 2 aromatic rings. The molecule has 0 amide bonds. The van der Waals surface area contributed by atoms with Gasteiger partial charge in [0.2, 0.25) is 0 Å². The van der Waals surface area contributed by atoms with Crippen LogP contribution in [0.2, 0.25) is 0 Å². The summed E-state index contributed by atoms with van der Waals surface area (Å²) in [6.45, 7) is 2.21. The first-order valence-corrected chi connectivity index (χ1v) is 12.4. The van der Waals surface area contributed by atoms with Gasteiger partial charge in [-0.3, -0.25) is 4.55 Å². The van der Waals surface area contributed by atoms with Crippen LogP contribution in [0.4, 0.5) is 0 Å². The zero-order valence-corrected chi connectivity index (χ0v) is 21.6. The molecule has 0 saturated carbocycles. The van der Waals surface area contributed by atoms with Crippen molar-refractivity contribution < 1.29 is 52.4 Å². The first-order valence-electron chi connectivity index (χ1n) is 11.0. The van der Waals surface area contributed by atoms with Gasteiger partial charge in [-0.15, -0.1) is 5.75 Å². The van der Waals surface area contributed by atoms with E-state index in [0.717, 1.165) is 19.3 Å². The van der Waals surface area contributed by atoms with Gasteiger partial charge in [0.25, 0.3) is 10.1 Å². The van der Waals surface area contributed by atoms with Crippen LogP contribution in [0.5, 0.6) is 17.2 Å². The summed E-state index contributed by atoms with van der Waals surface area (Å²) < 4.78 is 38.9. The summed E-state index contributed by atoms with van der Waals surface area (Å²) in [5.41, 5.74) is 0.137. The summed E-state index contributed by atoms with van der Waals surface area (Å²) >= 11 is 0. The molecular weight excluding hydrogens is 423 g/mol. The Labute approximate surface area is 209 Å². The number of ether oxygens (including phenoxy) is 1. The SMILES string of the molecule is CCCCCCCCCCCCc1c([O-])cc(Oc2ccccc2)cc1S(=O)(=O)O.[Na+]. The summed E-state index contributed by atoms with van der Waals surface area (Å²) in [6, 6.07) is 11.3. The maximum atomic E-state index is 12.5. The largest absolute Gasteiger partial charge is 1.00 e. The summed E-state index contributed by atoms with van der Waals surface area (Å²) in [5.74, 6) is 0.165. The van der Waals surface area contributed by atoms with E-state index < -0.39 is 15.9 Å². The van der Waals surface area contributed by atoms with Gasteiger partial charge >= 0.3 is 29.6 Å². The minimum atomic E-state index is -4.51. The molecule has 0 aromatic heterocycles. The van der Waals surface area contributed by atoms with E-state index in [9.17, 15) is 18.1 Å². The average molecular weight is 457 g/mol. The molecule has 0 fully saturated rings. The van der Waals surface area contributed by atoms with Crippen molar-refractivity contribution in [2.75, 3.05) is 0 Å². The summed E-state index contributed by atoms with van der Waals surface area (Å²) in [5, 5.41) is 12.5. The van der Waals surface area contributed by atoms with E-state index in [1.807, 2.05) is 6.07 Å². The molecule has 0 radical (unpaired) electrons. The third-order valence-corrected chi connectivity index (χ3v) is 6.10. The van der Waals surface area contributed by atoms with Crippen molar-refractivity contribution in [2.45, 2.75) is 82.4 Å². The second-order valence-corrected chi connectivity index (χ2v) is 9.11. The average Bonchev–Trinajstić information content (AvgIpc) is 2.70. The Hall–Kier alpha value is -1.05. The van der Waals surface area contributed by atoms with Gasteiger partial charge < -0.3 is 9.84 Å². The Morgan fingerprint density at radius 2 is 1.39 bits per heavy atom. The van der Waals surface area contributed by atoms with Crippen molar-refractivity contribution in [3.63, 3.8) is 0 Å². The van der Waals surface area contributed by atoms with Crippen LogP contribution in [-0.4, -0.2) is 13.0 Å². The van der Waals surface area contributed by atoms with E-state index >= 15 is 0 Å². The van der Waals surface area contributed by atoms with Crippen molar-refractivity contribution in [3.05, 3.63) is 48.0 Å². The molecule has 7 heteroatoms. The number of rotatable bonds is 14. The monoisotopic (exact) mass is 456 g/mol. The Balaban J connectivity index is 0.00000480. The van der Waals surface area contributed by atoms with E-state index in [2.05, 4.69) is 6.92 Å². The third kappa shape index (κ3) is 10.4. The zero-order chi connectivity index (χ0) is 21.8. The van der Waals surface area contributed by atoms with Gasteiger partial charge in [-0.1, -0.05) is 82.9 Å². The number of para-hydroxylation sites is 1. The fraction of sp³-hybridized carbons (Fsp3) is 0.500. The topological polar surface area (TPSA) is 86.7 Å². The molecule has 0 bridgehead atoms. The Bertz CT molecular complexity index is 869. The summed E-state index contributed by atoms with van der Waals surface area (Å²) in [6.07, 6.45) is 11.9. The maximum absolute atomic E-state index is 12.5. The minimum absolute atomic E-state index is 0. The molecule has 0 heterocycles. The van der Waals surface area contributed by atoms with Crippen LogP contribution in [0.3, 0.4) is 0 Å². The first-order chi connectivity index (χ1) is 14.4. The molecule has 5 nitrogen and oxygen atoms in total. The Morgan fingerprint density at radius 1 is 0.839 bits per heavy atom. The number of unbranched alkanes of at least 4 members (excludes halogenated alkanes) is 9. The molecule has 0 aliphatic rings. The normalized spacial score (nSPS) is 11.2. The van der Waals surface area contributed by atoms with Crippen LogP contribution in [0.1, 0.15) is 76.7 Å². The van der Waals surface area contributed by atoms with Crippen LogP contribution in [0.15, 0.2) is 47.4 Å². The molecule has 1 N–H and O–H groups in total. The molecule has 0 saturated heterocycles. The van der Waals surface area contributed by atoms with Crippen LogP contribution < -0.4 is 39.4 Å². The van der Waals surface area contributed by atoms with Crippen molar-refractivity contribution in [2.24, 2.45) is 0 Å². The van der Waals surface area contributed by atoms with E-state index in [4.69, 9.17) is 4.74 Å². The van der Waals surface area contributed by atoms with Crippen molar-refractivity contribution in [1.29, 1.82) is 0 Å². The summed E-state index contributed by atoms with van der Waals surface area (Å²) in [4.78, 5) is -0.350. The van der Waals surface area contributed by atoms with Crippen LogP contribution in [0.25, 0.3) is 0 Å². The third-order valence-electron chi connectivity index (χ3n) is 5.18. The molecule has 0 aliphatic heterocycles. The second-order valence-electron chi connectivity index (χ2n) is 7.72. The van der Waals surface area contributed by atoms with Crippen molar-refractivity contribution >= 4 is 10.1 Å². The van der Waals surface area contributed by atoms with Gasteiger partial charge in [-0.2, -0.15) is 8.42 Å². The molecule has 0 atom stereocenters. The van der Waals surface area contributed by atoms with Gasteiger partial charge in [0.05, 0.1) is 0 Å². The molecule has 0 unspecified atom stereocenters. The van der Waals surface area contributed by atoms with E-state index in [1.165, 1.54) is 50.7 Å². The number of benzene rings is 2. The quantitative estimate of drug-likeness (QED) is 0.268. The summed E-state index contributed by atoms with van der Waals surface area (Å²) in [7, 11) is -4.51. The van der Waals surface area contributed by atoms with E-state index in [-0.39, 0.29) is 45.8 Å². The van der Waals surface area contributed by atoms with Crippen LogP contribution >= 0.6 is 0 Å². The first kappa shape index (κ1) is 28.0. The van der Waals surface area contributed by atoms with Gasteiger partial charge in [0.15, 0.2) is 0 Å². The number of hydrogen-bond donors (Lipinski definition) is 1. The standard InChI is InChI=1S/C24H34O5S.Na/c1-2-3-4-5-6-7-8-9-10-14-17-22-23(25)18-21(19-24(22)30(26,27)28)29-20-15-12-11-13-16-20;/h11-13,15-16,18-19,25H,2-10,14,17H2,1H3,(H,26,27,28);/q;+1/p-1. The van der Waals surface area contributed by atoms with Gasteiger partial charge in [-0.05, 0) is 36.6 Å². The molecule has 31 heavy (non-hydrogen) atoms. The maximum Gasteiger partial charge on any atom is 1.00 e. The molecule has 2 rings (SSSR count). The molecule has 2 aromatic carbocycles. The van der Waals surface area contributed by atoms with Crippen LogP contribution in [0, 0.1) is 0 Å². The minimum Gasteiger partial charge on any atom is -0.872 e. The fourth-order valence-corrected chi connectivity index (χ4v) is 4.32. The predicted octanol–water partition coefficient (Wildman–Crippen LogP) is 3.27.